The Balaban J connectivity index is 1.89. The molecule has 0 radical (unpaired) electrons. The first-order valence-electron chi connectivity index (χ1n) is 4.50. The quantitative estimate of drug-likeness (QED) is 0.516. The molecule has 0 bridgehead atoms. The van der Waals surface area contributed by atoms with Crippen LogP contribution >= 0.6 is 0 Å². The van der Waals surface area contributed by atoms with E-state index in [1.54, 1.807) is 12.5 Å². The summed E-state index contributed by atoms with van der Waals surface area (Å²) in [6.45, 7) is 0. The summed E-state index contributed by atoms with van der Waals surface area (Å²) in [5, 5.41) is 0. The third kappa shape index (κ3) is 3.34. The predicted octanol–water partition coefficient (Wildman–Crippen LogP) is 2.27. The second kappa shape index (κ2) is 5.48. The second-order valence-corrected chi connectivity index (χ2v) is 6.86. The van der Waals surface area contributed by atoms with E-state index in [1.165, 1.54) is 0 Å². The molecule has 15 heavy (non-hydrogen) atoms. The first-order chi connectivity index (χ1) is 7.45. The summed E-state index contributed by atoms with van der Waals surface area (Å²) in [7, 11) is 0. The van der Waals surface area contributed by atoms with Crippen molar-refractivity contribution in [3.63, 3.8) is 0 Å². The van der Waals surface area contributed by atoms with Crippen molar-refractivity contribution in [1.29, 1.82) is 0 Å². The van der Waals surface area contributed by atoms with Crippen LogP contribution in [0.15, 0.2) is 45.6 Å². The molecule has 68 valence electrons. The second-order valence-electron chi connectivity index (χ2n) is 2.73. The van der Waals surface area contributed by atoms with Crippen LogP contribution in [0.3, 0.4) is 0 Å². The van der Waals surface area contributed by atoms with E-state index < -0.39 is 24.6 Å². The number of hydrogen-bond acceptors (Lipinski definition) is 2. The van der Waals surface area contributed by atoms with Crippen molar-refractivity contribution in [2.24, 2.45) is 0 Å². The van der Waals surface area contributed by atoms with Crippen molar-refractivity contribution in [3.8, 4) is 18.7 Å². The van der Waals surface area contributed by atoms with E-state index in [1.807, 2.05) is 24.3 Å². The summed E-state index contributed by atoms with van der Waals surface area (Å²) >= 11 is -1.38. The molecule has 0 aliphatic rings. The molecule has 2 rings (SSSR count). The molecule has 0 saturated carbocycles. The summed E-state index contributed by atoms with van der Waals surface area (Å²) in [5.41, 5.74) is 0. The van der Waals surface area contributed by atoms with Gasteiger partial charge in [-0.3, -0.25) is 0 Å². The molecular formula is C12H6HgO2. The van der Waals surface area contributed by atoms with E-state index in [0.717, 1.165) is 11.5 Å². The summed E-state index contributed by atoms with van der Waals surface area (Å²) in [4.78, 5) is 0. The Morgan fingerprint density at radius 2 is 1.40 bits per heavy atom. The summed E-state index contributed by atoms with van der Waals surface area (Å²) in [5.74, 6) is 7.34. The van der Waals surface area contributed by atoms with Crippen LogP contribution in [0.2, 0.25) is 0 Å². The Kier molecular flexibility index (Phi) is 3.71. The van der Waals surface area contributed by atoms with Gasteiger partial charge >= 0.3 is 100 Å². The van der Waals surface area contributed by atoms with Crippen molar-refractivity contribution in [1.82, 2.24) is 0 Å². The molecule has 0 amide bonds. The number of rotatable bonds is 0. The summed E-state index contributed by atoms with van der Waals surface area (Å²) < 4.78 is 16.4. The van der Waals surface area contributed by atoms with E-state index in [0.29, 0.717) is 0 Å². The fourth-order valence-electron chi connectivity index (χ4n) is 1.01. The van der Waals surface area contributed by atoms with Gasteiger partial charge in [0.25, 0.3) is 0 Å². The van der Waals surface area contributed by atoms with E-state index in [2.05, 4.69) is 18.7 Å². The van der Waals surface area contributed by atoms with E-state index in [-0.39, 0.29) is 0 Å². The first kappa shape index (κ1) is 10.1. The van der Waals surface area contributed by atoms with E-state index in [9.17, 15) is 0 Å². The van der Waals surface area contributed by atoms with Gasteiger partial charge in [0.1, 0.15) is 0 Å². The van der Waals surface area contributed by atoms with Crippen molar-refractivity contribution < 1.29 is 33.4 Å². The van der Waals surface area contributed by atoms with Crippen molar-refractivity contribution in [3.05, 3.63) is 48.3 Å². The molecule has 3 heteroatoms. The van der Waals surface area contributed by atoms with Crippen LogP contribution in [-0.2, 0) is 24.6 Å². The molecule has 0 fully saturated rings. The molecule has 0 unspecified atom stereocenters. The van der Waals surface area contributed by atoms with Gasteiger partial charge in [-0.25, -0.2) is 0 Å². The van der Waals surface area contributed by atoms with Crippen molar-refractivity contribution >= 4 is 0 Å². The van der Waals surface area contributed by atoms with Gasteiger partial charge in [0.05, 0.1) is 0 Å². The molecule has 0 aliphatic carbocycles. The van der Waals surface area contributed by atoms with Gasteiger partial charge in [-0.2, -0.15) is 0 Å². The zero-order valence-corrected chi connectivity index (χ0v) is 13.5. The molecule has 2 aromatic rings. The average molecular weight is 383 g/mol. The van der Waals surface area contributed by atoms with Crippen LogP contribution in [0.25, 0.3) is 0 Å². The van der Waals surface area contributed by atoms with Gasteiger partial charge in [-0.1, -0.05) is 0 Å². The normalized spacial score (nSPS) is 8.00. The summed E-state index contributed by atoms with van der Waals surface area (Å²) in [6.07, 6.45) is 3.24. The zero-order chi connectivity index (χ0) is 10.3. The summed E-state index contributed by atoms with van der Waals surface area (Å²) in [6, 6.07) is 7.35. The molecule has 0 aliphatic heterocycles. The molecule has 0 aromatic carbocycles. The van der Waals surface area contributed by atoms with Gasteiger partial charge in [-0.15, -0.1) is 0 Å². The topological polar surface area (TPSA) is 26.3 Å². The van der Waals surface area contributed by atoms with E-state index in [4.69, 9.17) is 8.83 Å². The zero-order valence-electron chi connectivity index (χ0n) is 7.99. The molecule has 2 aromatic heterocycles. The van der Waals surface area contributed by atoms with Gasteiger partial charge in [-0.05, 0) is 0 Å². The fraction of sp³-hybridized carbons (Fsp3) is 0. The first-order valence-corrected chi connectivity index (χ1v) is 10.00. The van der Waals surface area contributed by atoms with Crippen molar-refractivity contribution in [2.45, 2.75) is 0 Å². The van der Waals surface area contributed by atoms with E-state index >= 15 is 0 Å². The standard InChI is InChI=1S/2C6H3O.Hg/c2*1-2-6-4-3-5-7-6;/h2*3-5H;. The van der Waals surface area contributed by atoms with Gasteiger partial charge in [0, 0.05) is 0 Å². The fourth-order valence-corrected chi connectivity index (χ4v) is 3.39. The van der Waals surface area contributed by atoms with Crippen LogP contribution in [-0.4, -0.2) is 0 Å². The Hall–Kier alpha value is -1.38. The third-order valence-electron chi connectivity index (χ3n) is 1.64. The Bertz CT molecular complexity index is 465. The van der Waals surface area contributed by atoms with Gasteiger partial charge in [0.2, 0.25) is 0 Å². The third-order valence-corrected chi connectivity index (χ3v) is 4.39. The predicted molar refractivity (Wildman–Crippen MR) is 51.2 cm³/mol. The molecule has 0 saturated heterocycles. The molecule has 0 N–H and O–H groups in total. The number of hydrogen-bond donors (Lipinski definition) is 0. The van der Waals surface area contributed by atoms with Gasteiger partial charge in [0.15, 0.2) is 0 Å². The Morgan fingerprint density at radius 1 is 0.867 bits per heavy atom. The number of furan rings is 2. The monoisotopic (exact) mass is 384 g/mol. The SMILES string of the molecule is [C](#Cc1ccco1)[Hg][C]#Cc1ccco1. The minimum atomic E-state index is -1.38. The van der Waals surface area contributed by atoms with Crippen LogP contribution < -0.4 is 0 Å². The van der Waals surface area contributed by atoms with Crippen LogP contribution in [0.4, 0.5) is 0 Å². The van der Waals surface area contributed by atoms with Gasteiger partial charge < -0.3 is 0 Å². The minimum absolute atomic E-state index is 0.717. The van der Waals surface area contributed by atoms with Crippen LogP contribution in [0.1, 0.15) is 11.5 Å². The maximum absolute atomic E-state index is 5.08. The molecule has 0 spiro atoms. The molecule has 0 atom stereocenters. The van der Waals surface area contributed by atoms with Crippen LogP contribution in [0.5, 0.6) is 0 Å². The maximum atomic E-state index is 5.08. The average Bonchev–Trinajstić information content (AvgIpc) is 2.88. The molecule has 2 heterocycles. The van der Waals surface area contributed by atoms with Crippen molar-refractivity contribution in [2.75, 3.05) is 0 Å². The molecular weight excluding hydrogens is 377 g/mol. The van der Waals surface area contributed by atoms with Crippen LogP contribution in [0, 0.1) is 18.7 Å². The Labute approximate surface area is 100 Å². The Morgan fingerprint density at radius 3 is 1.80 bits per heavy atom. The molecule has 2 nitrogen and oxygen atoms in total.